The second-order valence-electron chi connectivity index (χ2n) is 5.47. The van der Waals surface area contributed by atoms with Gasteiger partial charge in [-0.3, -0.25) is 9.59 Å². The van der Waals surface area contributed by atoms with Gasteiger partial charge in [0.2, 0.25) is 0 Å². The van der Waals surface area contributed by atoms with E-state index < -0.39 is 17.9 Å². The molecule has 0 heterocycles. The molecule has 0 saturated carbocycles. The van der Waals surface area contributed by atoms with Crippen LogP contribution in [0.2, 0.25) is 0 Å². The van der Waals surface area contributed by atoms with Crippen LogP contribution in [0.4, 0.5) is 0 Å². The molecule has 4 heteroatoms. The number of aliphatic carboxylic acids is 2. The van der Waals surface area contributed by atoms with Crippen LogP contribution >= 0.6 is 0 Å². The largest absolute Gasteiger partial charge is 0.481 e. The van der Waals surface area contributed by atoms with Gasteiger partial charge in [0.25, 0.3) is 0 Å². The van der Waals surface area contributed by atoms with Crippen LogP contribution in [-0.2, 0) is 9.59 Å². The minimum Gasteiger partial charge on any atom is -0.481 e. The normalized spacial score (nSPS) is 13.8. The van der Waals surface area contributed by atoms with E-state index in [0.29, 0.717) is 12.8 Å². The molecule has 0 fully saturated rings. The summed E-state index contributed by atoms with van der Waals surface area (Å²) in [5.41, 5.74) is -0.0526. The molecule has 2 N–H and O–H groups in total. The molecule has 0 aliphatic carbocycles. The molecule has 0 bridgehead atoms. The third-order valence-corrected chi connectivity index (χ3v) is 2.54. The molecule has 4 nitrogen and oxygen atoms in total. The smallest absolute Gasteiger partial charge is 0.318 e. The van der Waals surface area contributed by atoms with E-state index in [1.54, 1.807) is 0 Å². The van der Waals surface area contributed by atoms with Gasteiger partial charge >= 0.3 is 11.9 Å². The lowest BCUT2D eigenvalue weighted by atomic mass is 9.76. The number of hydrogen-bond donors (Lipinski definition) is 2. The molecule has 0 amide bonds. The van der Waals surface area contributed by atoms with E-state index in [0.717, 1.165) is 6.42 Å². The molecule has 16 heavy (non-hydrogen) atoms. The van der Waals surface area contributed by atoms with Crippen molar-refractivity contribution in [2.45, 2.75) is 47.0 Å². The quantitative estimate of drug-likeness (QED) is 0.688. The van der Waals surface area contributed by atoms with Crippen molar-refractivity contribution in [3.8, 4) is 0 Å². The molecule has 0 saturated heterocycles. The molecule has 0 radical (unpaired) electrons. The van der Waals surface area contributed by atoms with Crippen LogP contribution in [-0.4, -0.2) is 22.2 Å². The fourth-order valence-corrected chi connectivity index (χ4v) is 2.05. The Bertz CT molecular complexity index is 238. The molecule has 1 atom stereocenters. The summed E-state index contributed by atoms with van der Waals surface area (Å²) < 4.78 is 0. The van der Waals surface area contributed by atoms with Crippen molar-refractivity contribution in [3.63, 3.8) is 0 Å². The number of hydrogen-bond acceptors (Lipinski definition) is 2. The van der Waals surface area contributed by atoms with Crippen LogP contribution in [0.5, 0.6) is 0 Å². The average Bonchev–Trinajstić information content (AvgIpc) is 1.99. The fraction of sp³-hybridized carbons (Fsp3) is 0.833. The molecule has 1 unspecified atom stereocenters. The van der Waals surface area contributed by atoms with E-state index in [9.17, 15) is 9.59 Å². The summed E-state index contributed by atoms with van der Waals surface area (Å²) >= 11 is 0. The van der Waals surface area contributed by atoms with Crippen LogP contribution in [0.3, 0.4) is 0 Å². The van der Waals surface area contributed by atoms with Gasteiger partial charge in [-0.2, -0.15) is 0 Å². The molecule has 0 aromatic heterocycles. The number of rotatable bonds is 6. The number of carbonyl (C=O) groups is 2. The Labute approximate surface area is 96.7 Å². The second-order valence-corrected chi connectivity index (χ2v) is 5.47. The minimum atomic E-state index is -1.28. The maximum absolute atomic E-state index is 11.0. The Morgan fingerprint density at radius 2 is 1.56 bits per heavy atom. The summed E-state index contributed by atoms with van der Waals surface area (Å²) in [6, 6.07) is 0. The van der Waals surface area contributed by atoms with Crippen molar-refractivity contribution in [2.24, 2.45) is 17.3 Å². The van der Waals surface area contributed by atoms with Crippen LogP contribution in [0.15, 0.2) is 0 Å². The molecule has 0 aromatic carbocycles. The van der Waals surface area contributed by atoms with E-state index in [-0.39, 0.29) is 11.3 Å². The monoisotopic (exact) mass is 230 g/mol. The highest BCUT2D eigenvalue weighted by Crippen LogP contribution is 2.32. The van der Waals surface area contributed by atoms with Crippen LogP contribution in [0.1, 0.15) is 47.0 Å². The van der Waals surface area contributed by atoms with Gasteiger partial charge in [-0.25, -0.2) is 0 Å². The first kappa shape index (κ1) is 14.9. The van der Waals surface area contributed by atoms with Gasteiger partial charge in [0.15, 0.2) is 5.92 Å². The summed E-state index contributed by atoms with van der Waals surface area (Å²) in [7, 11) is 0. The third-order valence-electron chi connectivity index (χ3n) is 2.54. The topological polar surface area (TPSA) is 74.6 Å². The molecule has 0 spiro atoms. The Hall–Kier alpha value is -1.06. The summed E-state index contributed by atoms with van der Waals surface area (Å²) in [6.07, 6.45) is 2.06. The molecular formula is C12H22O4. The van der Waals surface area contributed by atoms with E-state index in [1.165, 1.54) is 0 Å². The van der Waals surface area contributed by atoms with Crippen LogP contribution in [0, 0.1) is 17.3 Å². The zero-order valence-electron chi connectivity index (χ0n) is 10.5. The summed E-state index contributed by atoms with van der Waals surface area (Å²) in [5.74, 6) is -4.02. The van der Waals surface area contributed by atoms with E-state index in [1.807, 2.05) is 27.7 Å². The highest BCUT2D eigenvalue weighted by atomic mass is 16.4. The van der Waals surface area contributed by atoms with Crippen molar-refractivity contribution in [3.05, 3.63) is 0 Å². The van der Waals surface area contributed by atoms with Crippen molar-refractivity contribution in [1.29, 1.82) is 0 Å². The predicted octanol–water partition coefficient (Wildman–Crippen LogP) is 2.62. The van der Waals surface area contributed by atoms with Gasteiger partial charge in [0.1, 0.15) is 0 Å². The first-order valence-electron chi connectivity index (χ1n) is 5.64. The molecule has 0 aromatic rings. The molecule has 0 aliphatic heterocycles. The SMILES string of the molecule is CCCC(CC(C)(C)C)C(C(=O)O)C(=O)O. The zero-order valence-corrected chi connectivity index (χ0v) is 10.5. The lowest BCUT2D eigenvalue weighted by molar-refractivity contribution is -0.157. The zero-order chi connectivity index (χ0) is 12.9. The van der Waals surface area contributed by atoms with E-state index in [4.69, 9.17) is 10.2 Å². The predicted molar refractivity (Wildman–Crippen MR) is 61.2 cm³/mol. The highest BCUT2D eigenvalue weighted by molar-refractivity contribution is 5.93. The number of carboxylic acid groups (broad SMARTS) is 2. The van der Waals surface area contributed by atoms with Gasteiger partial charge in [0, 0.05) is 0 Å². The molecule has 0 aliphatic rings. The standard InChI is InChI=1S/C12H22O4/c1-5-6-8(7-12(2,3)4)9(10(13)14)11(15)16/h8-9H,5-7H2,1-4H3,(H,13,14)(H,15,16). The summed E-state index contributed by atoms with van der Waals surface area (Å²) in [6.45, 7) is 7.93. The van der Waals surface area contributed by atoms with Gasteiger partial charge in [-0.05, 0) is 24.2 Å². The number of carboxylic acids is 2. The van der Waals surface area contributed by atoms with E-state index >= 15 is 0 Å². The Morgan fingerprint density at radius 3 is 1.81 bits per heavy atom. The maximum atomic E-state index is 11.0. The maximum Gasteiger partial charge on any atom is 0.318 e. The highest BCUT2D eigenvalue weighted by Gasteiger charge is 2.36. The first-order valence-corrected chi connectivity index (χ1v) is 5.64. The van der Waals surface area contributed by atoms with Crippen LogP contribution < -0.4 is 0 Å². The second kappa shape index (κ2) is 5.87. The molecule has 94 valence electrons. The Balaban J connectivity index is 4.85. The first-order chi connectivity index (χ1) is 7.19. The van der Waals surface area contributed by atoms with Gasteiger partial charge in [-0.15, -0.1) is 0 Å². The third kappa shape index (κ3) is 5.14. The van der Waals surface area contributed by atoms with Gasteiger partial charge in [-0.1, -0.05) is 34.1 Å². The lowest BCUT2D eigenvalue weighted by Crippen LogP contribution is -2.33. The van der Waals surface area contributed by atoms with Crippen molar-refractivity contribution in [2.75, 3.05) is 0 Å². The molecule has 0 rings (SSSR count). The minimum absolute atomic E-state index is 0.0526. The van der Waals surface area contributed by atoms with E-state index in [2.05, 4.69) is 0 Å². The Kier molecular flexibility index (Phi) is 5.48. The average molecular weight is 230 g/mol. The fourth-order valence-electron chi connectivity index (χ4n) is 2.05. The summed E-state index contributed by atoms with van der Waals surface area (Å²) in [5, 5.41) is 17.9. The van der Waals surface area contributed by atoms with Gasteiger partial charge < -0.3 is 10.2 Å². The van der Waals surface area contributed by atoms with Crippen LogP contribution in [0.25, 0.3) is 0 Å². The van der Waals surface area contributed by atoms with Gasteiger partial charge in [0.05, 0.1) is 0 Å². The van der Waals surface area contributed by atoms with Crippen molar-refractivity contribution < 1.29 is 19.8 Å². The summed E-state index contributed by atoms with van der Waals surface area (Å²) in [4.78, 5) is 21.9. The lowest BCUT2D eigenvalue weighted by Gasteiger charge is -2.28. The van der Waals surface area contributed by atoms with Crippen molar-refractivity contribution in [1.82, 2.24) is 0 Å². The molecular weight excluding hydrogens is 208 g/mol. The Morgan fingerprint density at radius 1 is 1.12 bits per heavy atom. The van der Waals surface area contributed by atoms with Crippen molar-refractivity contribution >= 4 is 11.9 Å².